The monoisotopic (exact) mass is 228 g/mol. The number of pyridine rings is 1. The quantitative estimate of drug-likeness (QED) is 0.801. The lowest BCUT2D eigenvalue weighted by Crippen LogP contribution is -2.25. The number of rotatable bonds is 4. The maximum atomic E-state index is 4.41. The fourth-order valence-electron chi connectivity index (χ4n) is 3.21. The maximum Gasteiger partial charge on any atom is 0.0570 e. The Labute approximate surface area is 103 Å². The second kappa shape index (κ2) is 4.61. The predicted molar refractivity (Wildman–Crippen MR) is 69.5 cm³/mol. The van der Waals surface area contributed by atoms with Gasteiger partial charge in [0.05, 0.1) is 5.69 Å². The molecule has 17 heavy (non-hydrogen) atoms. The topological polar surface area (TPSA) is 24.9 Å². The minimum atomic E-state index is 0.845. The van der Waals surface area contributed by atoms with Gasteiger partial charge in [-0.15, -0.1) is 0 Å². The van der Waals surface area contributed by atoms with Crippen molar-refractivity contribution in [2.45, 2.75) is 26.3 Å². The zero-order chi connectivity index (χ0) is 11.7. The van der Waals surface area contributed by atoms with Gasteiger partial charge in [-0.05, 0) is 55.7 Å². The van der Waals surface area contributed by atoms with E-state index in [4.69, 9.17) is 0 Å². The fraction of sp³-hybridized carbons (Fsp3) is 0.533. The van der Waals surface area contributed by atoms with E-state index in [1.807, 2.05) is 12.3 Å². The summed E-state index contributed by atoms with van der Waals surface area (Å²) in [5.41, 5.74) is 2.47. The third kappa shape index (κ3) is 2.27. The van der Waals surface area contributed by atoms with Gasteiger partial charge in [0.1, 0.15) is 0 Å². The van der Waals surface area contributed by atoms with E-state index in [1.54, 1.807) is 0 Å². The van der Waals surface area contributed by atoms with Gasteiger partial charge >= 0.3 is 0 Å². The van der Waals surface area contributed by atoms with E-state index in [0.29, 0.717) is 0 Å². The number of hydrogen-bond donors (Lipinski definition) is 1. The van der Waals surface area contributed by atoms with Crippen LogP contribution in [0.1, 0.15) is 24.1 Å². The van der Waals surface area contributed by atoms with Crippen molar-refractivity contribution in [3.05, 3.63) is 41.7 Å². The molecule has 3 atom stereocenters. The first-order chi connectivity index (χ1) is 8.33. The van der Waals surface area contributed by atoms with E-state index in [0.717, 1.165) is 30.8 Å². The standard InChI is InChI=1S/C15H20N2/c1-11-3-2-6-17-15(11)10-16-9-14-8-12-4-5-13(14)7-12/h2-6,12-14,16H,7-10H2,1H3. The molecule has 1 saturated carbocycles. The smallest absolute Gasteiger partial charge is 0.0570 e. The lowest BCUT2D eigenvalue weighted by atomic mass is 9.93. The largest absolute Gasteiger partial charge is 0.311 e. The van der Waals surface area contributed by atoms with Crippen molar-refractivity contribution in [1.82, 2.24) is 10.3 Å². The molecule has 0 saturated heterocycles. The van der Waals surface area contributed by atoms with Gasteiger partial charge in [-0.1, -0.05) is 18.2 Å². The maximum absolute atomic E-state index is 4.41. The lowest BCUT2D eigenvalue weighted by Gasteiger charge is -2.18. The molecule has 0 aromatic carbocycles. The molecule has 3 unspecified atom stereocenters. The molecule has 0 radical (unpaired) electrons. The highest BCUT2D eigenvalue weighted by molar-refractivity contribution is 5.17. The summed E-state index contributed by atoms with van der Waals surface area (Å²) in [6.45, 7) is 4.18. The van der Waals surface area contributed by atoms with Crippen LogP contribution in [0.15, 0.2) is 30.5 Å². The summed E-state index contributed by atoms with van der Waals surface area (Å²) >= 11 is 0. The van der Waals surface area contributed by atoms with Gasteiger partial charge in [0.2, 0.25) is 0 Å². The Bertz CT molecular complexity index is 425. The van der Waals surface area contributed by atoms with Gasteiger partial charge in [0.25, 0.3) is 0 Å². The van der Waals surface area contributed by atoms with Crippen LogP contribution in [0.25, 0.3) is 0 Å². The number of nitrogens with one attached hydrogen (secondary N) is 1. The highest BCUT2D eigenvalue weighted by atomic mass is 14.9. The van der Waals surface area contributed by atoms with Gasteiger partial charge in [-0.2, -0.15) is 0 Å². The summed E-state index contributed by atoms with van der Waals surface area (Å²) in [4.78, 5) is 4.41. The third-order valence-corrected chi connectivity index (χ3v) is 4.23. The lowest BCUT2D eigenvalue weighted by molar-refractivity contribution is 0.413. The zero-order valence-corrected chi connectivity index (χ0v) is 10.4. The Kier molecular flexibility index (Phi) is 2.98. The van der Waals surface area contributed by atoms with Crippen molar-refractivity contribution >= 4 is 0 Å². The summed E-state index contributed by atoms with van der Waals surface area (Å²) in [5.74, 6) is 2.58. The van der Waals surface area contributed by atoms with Crippen molar-refractivity contribution in [3.63, 3.8) is 0 Å². The molecule has 3 rings (SSSR count). The molecule has 2 bridgehead atoms. The summed E-state index contributed by atoms with van der Waals surface area (Å²) in [6.07, 6.45) is 9.49. The number of nitrogens with zero attached hydrogens (tertiary/aromatic N) is 1. The van der Waals surface area contributed by atoms with Gasteiger partial charge in [0.15, 0.2) is 0 Å². The Morgan fingerprint density at radius 2 is 2.29 bits per heavy atom. The molecule has 1 aromatic heterocycles. The average Bonchev–Trinajstić information content (AvgIpc) is 2.94. The van der Waals surface area contributed by atoms with Crippen LogP contribution >= 0.6 is 0 Å². The summed E-state index contributed by atoms with van der Waals surface area (Å²) in [6, 6.07) is 4.13. The first-order valence-electron chi connectivity index (χ1n) is 6.62. The molecule has 2 nitrogen and oxygen atoms in total. The Balaban J connectivity index is 1.50. The second-order valence-corrected chi connectivity index (χ2v) is 5.44. The van der Waals surface area contributed by atoms with Crippen LogP contribution in [-0.4, -0.2) is 11.5 Å². The molecule has 2 aliphatic carbocycles. The molecule has 2 heteroatoms. The zero-order valence-electron chi connectivity index (χ0n) is 10.4. The van der Waals surface area contributed by atoms with Gasteiger partial charge in [0, 0.05) is 12.7 Å². The van der Waals surface area contributed by atoms with Gasteiger partial charge in [-0.3, -0.25) is 4.98 Å². The van der Waals surface area contributed by atoms with E-state index in [9.17, 15) is 0 Å². The molecule has 1 aromatic rings. The summed E-state index contributed by atoms with van der Waals surface area (Å²) in [5, 5.41) is 3.57. The molecule has 0 spiro atoms. The van der Waals surface area contributed by atoms with E-state index < -0.39 is 0 Å². The fourth-order valence-corrected chi connectivity index (χ4v) is 3.21. The molecule has 1 fully saturated rings. The van der Waals surface area contributed by atoms with E-state index in [2.05, 4.69) is 35.4 Å². The first-order valence-corrected chi connectivity index (χ1v) is 6.62. The Morgan fingerprint density at radius 3 is 3.00 bits per heavy atom. The second-order valence-electron chi connectivity index (χ2n) is 5.44. The van der Waals surface area contributed by atoms with E-state index >= 15 is 0 Å². The highest BCUT2D eigenvalue weighted by Crippen LogP contribution is 2.42. The summed E-state index contributed by atoms with van der Waals surface area (Å²) in [7, 11) is 0. The van der Waals surface area contributed by atoms with Gasteiger partial charge < -0.3 is 5.32 Å². The van der Waals surface area contributed by atoms with Crippen molar-refractivity contribution in [2.75, 3.05) is 6.54 Å². The number of aromatic nitrogens is 1. The highest BCUT2D eigenvalue weighted by Gasteiger charge is 2.34. The molecule has 1 heterocycles. The Morgan fingerprint density at radius 1 is 1.35 bits per heavy atom. The molecular formula is C15H20N2. The normalized spacial score (nSPS) is 30.1. The number of allylic oxidation sites excluding steroid dienone is 2. The minimum Gasteiger partial charge on any atom is -0.311 e. The van der Waals surface area contributed by atoms with E-state index in [1.165, 1.54) is 24.1 Å². The van der Waals surface area contributed by atoms with Crippen LogP contribution < -0.4 is 5.32 Å². The van der Waals surface area contributed by atoms with Crippen molar-refractivity contribution in [3.8, 4) is 0 Å². The molecule has 90 valence electrons. The average molecular weight is 228 g/mol. The summed E-state index contributed by atoms with van der Waals surface area (Å²) < 4.78 is 0. The van der Waals surface area contributed by atoms with E-state index in [-0.39, 0.29) is 0 Å². The van der Waals surface area contributed by atoms with Crippen molar-refractivity contribution in [2.24, 2.45) is 17.8 Å². The van der Waals surface area contributed by atoms with Crippen LogP contribution in [0.4, 0.5) is 0 Å². The molecule has 1 N–H and O–H groups in total. The van der Waals surface area contributed by atoms with Crippen LogP contribution in [0, 0.1) is 24.7 Å². The number of hydrogen-bond acceptors (Lipinski definition) is 2. The van der Waals surface area contributed by atoms with Crippen LogP contribution in [0.3, 0.4) is 0 Å². The van der Waals surface area contributed by atoms with Gasteiger partial charge in [-0.25, -0.2) is 0 Å². The van der Waals surface area contributed by atoms with Crippen molar-refractivity contribution in [1.29, 1.82) is 0 Å². The Hall–Kier alpha value is -1.15. The minimum absolute atomic E-state index is 0.845. The van der Waals surface area contributed by atoms with Crippen LogP contribution in [0.2, 0.25) is 0 Å². The van der Waals surface area contributed by atoms with Crippen LogP contribution in [-0.2, 0) is 6.54 Å². The molecular weight excluding hydrogens is 208 g/mol. The third-order valence-electron chi connectivity index (χ3n) is 4.23. The molecule has 0 amide bonds. The molecule has 0 aliphatic heterocycles. The number of fused-ring (bicyclic) bond motifs is 2. The van der Waals surface area contributed by atoms with Crippen molar-refractivity contribution < 1.29 is 0 Å². The van der Waals surface area contributed by atoms with Crippen LogP contribution in [0.5, 0.6) is 0 Å². The predicted octanol–water partition coefficient (Wildman–Crippen LogP) is 2.69. The first kappa shape index (κ1) is 11.0. The SMILES string of the molecule is Cc1cccnc1CNCC1CC2C=CC1C2. The number of aryl methyl sites for hydroxylation is 1. The molecule has 2 aliphatic rings.